The van der Waals surface area contributed by atoms with Crippen LogP contribution in [0.4, 0.5) is 0 Å². The smallest absolute Gasteiger partial charge is 0.323 e. The molecule has 0 aliphatic carbocycles. The quantitative estimate of drug-likeness (QED) is 0.178. The number of hydrogen-bond acceptors (Lipinski definition) is 3. The van der Waals surface area contributed by atoms with Crippen LogP contribution >= 0.6 is 7.60 Å². The molecule has 0 spiro atoms. The third kappa shape index (κ3) is 13.4. The molecule has 1 unspecified atom stereocenters. The first-order valence-electron chi connectivity index (χ1n) is 8.75. The molecule has 0 aliphatic heterocycles. The Kier molecular flexibility index (Phi) is 11.8. The van der Waals surface area contributed by atoms with E-state index in [-0.39, 0.29) is 6.42 Å². The van der Waals surface area contributed by atoms with E-state index in [9.17, 15) is 13.0 Å². The highest BCUT2D eigenvalue weighted by molar-refractivity contribution is 7.93. The van der Waals surface area contributed by atoms with Gasteiger partial charge < -0.3 is 9.79 Å². The average Bonchev–Trinajstić information content (AvgIpc) is 2.42. The van der Waals surface area contributed by atoms with Gasteiger partial charge in [-0.2, -0.15) is 8.42 Å². The van der Waals surface area contributed by atoms with E-state index < -0.39 is 22.7 Å². The summed E-state index contributed by atoms with van der Waals surface area (Å²) < 4.78 is 42.0. The van der Waals surface area contributed by atoms with E-state index >= 15 is 0 Å². The summed E-state index contributed by atoms with van der Waals surface area (Å²) in [5, 5.41) is 0. The molecule has 0 fully saturated rings. The molecule has 0 saturated carbocycles. The first-order valence-corrected chi connectivity index (χ1v) is 11.9. The summed E-state index contributed by atoms with van der Waals surface area (Å²) >= 11 is 0. The Morgan fingerprint density at radius 1 is 0.960 bits per heavy atom. The molecular formula is C17H33O6PS. The van der Waals surface area contributed by atoms with Gasteiger partial charge in [0.25, 0.3) is 10.1 Å². The van der Waals surface area contributed by atoms with E-state index in [1.54, 1.807) is 0 Å². The zero-order valence-corrected chi connectivity index (χ0v) is 17.2. The molecule has 6 nitrogen and oxygen atoms in total. The minimum Gasteiger partial charge on any atom is -0.323 e. The van der Waals surface area contributed by atoms with Crippen molar-refractivity contribution < 1.29 is 27.3 Å². The van der Waals surface area contributed by atoms with Crippen molar-refractivity contribution in [2.45, 2.75) is 83.5 Å². The molecule has 8 heteroatoms. The minimum atomic E-state index is -4.84. The van der Waals surface area contributed by atoms with Crippen LogP contribution in [0.2, 0.25) is 0 Å². The van der Waals surface area contributed by atoms with Gasteiger partial charge in [-0.15, -0.1) is 0 Å². The van der Waals surface area contributed by atoms with Crippen molar-refractivity contribution in [1.29, 1.82) is 0 Å². The predicted octanol–water partition coefficient (Wildman–Crippen LogP) is 4.80. The third-order valence-electron chi connectivity index (χ3n) is 3.96. The molecule has 0 aromatic heterocycles. The normalized spacial score (nSPS) is 14.4. The fraction of sp³-hybridized carbons (Fsp3) is 0.765. The number of hydrogen-bond donors (Lipinski definition) is 3. The molecule has 148 valence electrons. The molecule has 0 radical (unpaired) electrons. The predicted molar refractivity (Wildman–Crippen MR) is 102 cm³/mol. The van der Waals surface area contributed by atoms with Crippen LogP contribution in [0.15, 0.2) is 23.3 Å². The standard InChI is InChI=1S/C17H33O6PS/c1-15(2)11-10-13-16(3)12-8-6-4-5-7-9-14-17(24(18,19)20)25(21,22)23/h11-12,17H,4-10,13-14H2,1-3H3,(H2,18,19,20)(H,21,22,23)/b16-12+. The highest BCUT2D eigenvalue weighted by Crippen LogP contribution is 2.46. The maximum absolute atomic E-state index is 11.1. The minimum absolute atomic E-state index is 0.216. The van der Waals surface area contributed by atoms with Gasteiger partial charge in [0.05, 0.1) is 0 Å². The van der Waals surface area contributed by atoms with Crippen molar-refractivity contribution >= 4 is 17.7 Å². The summed E-state index contributed by atoms with van der Waals surface area (Å²) in [5.74, 6) is 0. The van der Waals surface area contributed by atoms with Crippen LogP contribution in [0.5, 0.6) is 0 Å². The first-order chi connectivity index (χ1) is 11.4. The van der Waals surface area contributed by atoms with Crippen LogP contribution in [-0.2, 0) is 14.7 Å². The molecule has 3 N–H and O–H groups in total. The van der Waals surface area contributed by atoms with Crippen LogP contribution in [0.3, 0.4) is 0 Å². The zero-order valence-electron chi connectivity index (χ0n) is 15.5. The van der Waals surface area contributed by atoms with E-state index in [4.69, 9.17) is 14.3 Å². The van der Waals surface area contributed by atoms with Crippen LogP contribution in [0.1, 0.15) is 78.6 Å². The molecule has 0 saturated heterocycles. The van der Waals surface area contributed by atoms with Crippen molar-refractivity contribution in [1.82, 2.24) is 0 Å². The summed E-state index contributed by atoms with van der Waals surface area (Å²) in [6.07, 6.45) is 11.4. The largest absolute Gasteiger partial charge is 0.346 e. The fourth-order valence-corrected chi connectivity index (χ4v) is 4.89. The third-order valence-corrected chi connectivity index (χ3v) is 7.51. The van der Waals surface area contributed by atoms with Gasteiger partial charge in [0.1, 0.15) is 0 Å². The molecule has 0 bridgehead atoms. The topological polar surface area (TPSA) is 112 Å². The molecule has 0 aliphatic rings. The van der Waals surface area contributed by atoms with Crippen LogP contribution in [-0.4, -0.2) is 27.7 Å². The molecule has 0 rings (SSSR count). The summed E-state index contributed by atoms with van der Waals surface area (Å²) in [5.41, 5.74) is 2.72. The molecule has 1 atom stereocenters. The Bertz CT molecular complexity index is 584. The lowest BCUT2D eigenvalue weighted by atomic mass is 10.1. The fourth-order valence-electron chi connectivity index (χ4n) is 2.52. The van der Waals surface area contributed by atoms with E-state index in [1.165, 1.54) is 11.1 Å². The van der Waals surface area contributed by atoms with Gasteiger partial charge in [-0.1, -0.05) is 49.0 Å². The van der Waals surface area contributed by atoms with Crippen molar-refractivity contribution in [3.05, 3.63) is 23.3 Å². The van der Waals surface area contributed by atoms with Gasteiger partial charge in [0.2, 0.25) is 0 Å². The SMILES string of the molecule is CC(C)=CCC/C(C)=C/CCCCCCCC(P(=O)(O)O)S(=O)(=O)O. The van der Waals surface area contributed by atoms with Gasteiger partial charge in [-0.05, 0) is 52.9 Å². The van der Waals surface area contributed by atoms with E-state index in [1.807, 2.05) is 0 Å². The highest BCUT2D eigenvalue weighted by atomic mass is 32.2. The molecular weight excluding hydrogens is 363 g/mol. The average molecular weight is 396 g/mol. The second-order valence-electron chi connectivity index (χ2n) is 6.77. The summed E-state index contributed by atoms with van der Waals surface area (Å²) in [6, 6.07) is 0. The second kappa shape index (κ2) is 12.0. The van der Waals surface area contributed by atoms with E-state index in [0.29, 0.717) is 12.8 Å². The lowest BCUT2D eigenvalue weighted by Crippen LogP contribution is -2.20. The number of rotatable bonds is 13. The van der Waals surface area contributed by atoms with Crippen molar-refractivity contribution in [2.24, 2.45) is 0 Å². The van der Waals surface area contributed by atoms with E-state index in [2.05, 4.69) is 32.9 Å². The first kappa shape index (κ1) is 24.5. The summed E-state index contributed by atoms with van der Waals surface area (Å²) in [4.78, 5) is 16.0. The molecule has 0 amide bonds. The second-order valence-corrected chi connectivity index (χ2v) is 10.5. The Morgan fingerprint density at radius 3 is 2.04 bits per heavy atom. The lowest BCUT2D eigenvalue weighted by Gasteiger charge is -2.14. The Morgan fingerprint density at radius 2 is 1.52 bits per heavy atom. The zero-order chi connectivity index (χ0) is 19.5. The van der Waals surface area contributed by atoms with E-state index in [0.717, 1.165) is 38.5 Å². The maximum atomic E-state index is 11.1. The van der Waals surface area contributed by atoms with Crippen LogP contribution < -0.4 is 0 Å². The van der Waals surface area contributed by atoms with Crippen molar-refractivity contribution in [2.75, 3.05) is 0 Å². The van der Waals surface area contributed by atoms with Gasteiger partial charge in [0, 0.05) is 0 Å². The Balaban J connectivity index is 3.90. The molecule has 0 aromatic rings. The van der Waals surface area contributed by atoms with Crippen LogP contribution in [0, 0.1) is 0 Å². The van der Waals surface area contributed by atoms with Crippen molar-refractivity contribution in [3.63, 3.8) is 0 Å². The summed E-state index contributed by atoms with van der Waals surface area (Å²) in [7, 11) is -9.56. The van der Waals surface area contributed by atoms with Gasteiger partial charge in [0.15, 0.2) is 4.99 Å². The Hall–Kier alpha value is -0.460. The monoisotopic (exact) mass is 396 g/mol. The van der Waals surface area contributed by atoms with Crippen molar-refractivity contribution in [3.8, 4) is 0 Å². The molecule has 0 heterocycles. The molecule has 0 aromatic carbocycles. The van der Waals surface area contributed by atoms with Crippen LogP contribution in [0.25, 0.3) is 0 Å². The lowest BCUT2D eigenvalue weighted by molar-refractivity contribution is 0.359. The maximum Gasteiger partial charge on any atom is 0.346 e. The number of unbranched alkanes of at least 4 members (excludes halogenated alkanes) is 5. The van der Waals surface area contributed by atoms with Gasteiger partial charge >= 0.3 is 7.60 Å². The number of allylic oxidation sites excluding steroid dienone is 4. The summed E-state index contributed by atoms with van der Waals surface area (Å²) in [6.45, 7) is 6.32. The highest BCUT2D eigenvalue weighted by Gasteiger charge is 2.38. The molecule has 25 heavy (non-hydrogen) atoms. The van der Waals surface area contributed by atoms with Gasteiger partial charge in [-0.3, -0.25) is 9.12 Å². The Labute approximate surface area is 152 Å². The van der Waals surface area contributed by atoms with Gasteiger partial charge in [-0.25, -0.2) is 0 Å².